The molecule has 1 aliphatic heterocycles. The van der Waals surface area contributed by atoms with Crippen molar-refractivity contribution >= 4 is 38.5 Å². The number of amidine groups is 1. The molecule has 86 valence electrons. The van der Waals surface area contributed by atoms with Crippen LogP contribution in [0.3, 0.4) is 0 Å². The Bertz CT molecular complexity index is 411. The molecule has 0 radical (unpaired) electrons. The van der Waals surface area contributed by atoms with Gasteiger partial charge in [-0.15, -0.1) is 0 Å². The first-order valence-electron chi connectivity index (χ1n) is 5.05. The van der Waals surface area contributed by atoms with Gasteiger partial charge in [-0.05, 0) is 19.1 Å². The standard InChI is InChI=1S/C11H13BrN2OS/c1-7-10(6-12)16-11(13-7)14-8-3-2-4-9(15)5-8/h2-5,7,10,15H,6H2,1H3,(H,13,14). The first-order valence-corrected chi connectivity index (χ1v) is 7.05. The summed E-state index contributed by atoms with van der Waals surface area (Å²) in [6.07, 6.45) is 0. The molecular weight excluding hydrogens is 288 g/mol. The number of benzene rings is 1. The van der Waals surface area contributed by atoms with E-state index in [2.05, 4.69) is 33.2 Å². The molecule has 0 aliphatic carbocycles. The fourth-order valence-corrected chi connectivity index (χ4v) is 3.42. The van der Waals surface area contributed by atoms with Crippen LogP contribution in [0, 0.1) is 0 Å². The number of hydrogen-bond donors (Lipinski definition) is 2. The molecule has 3 nitrogen and oxygen atoms in total. The highest BCUT2D eigenvalue weighted by molar-refractivity contribution is 9.09. The molecule has 2 rings (SSSR count). The molecule has 1 aliphatic rings. The SMILES string of the molecule is CC1N=C(Nc2cccc(O)c2)SC1CBr. The van der Waals surface area contributed by atoms with Crippen LogP contribution in [0.15, 0.2) is 29.3 Å². The highest BCUT2D eigenvalue weighted by Gasteiger charge is 2.25. The van der Waals surface area contributed by atoms with Crippen LogP contribution in [0.2, 0.25) is 0 Å². The van der Waals surface area contributed by atoms with Gasteiger partial charge < -0.3 is 10.4 Å². The van der Waals surface area contributed by atoms with Crippen LogP contribution in [0.4, 0.5) is 5.69 Å². The van der Waals surface area contributed by atoms with Crippen molar-refractivity contribution in [1.29, 1.82) is 0 Å². The van der Waals surface area contributed by atoms with Crippen LogP contribution in [0.5, 0.6) is 5.75 Å². The number of phenols is 1. The van der Waals surface area contributed by atoms with Gasteiger partial charge in [0.25, 0.3) is 0 Å². The highest BCUT2D eigenvalue weighted by Crippen LogP contribution is 2.29. The van der Waals surface area contributed by atoms with Crippen molar-refractivity contribution in [3.05, 3.63) is 24.3 Å². The van der Waals surface area contributed by atoms with Crippen LogP contribution >= 0.6 is 27.7 Å². The van der Waals surface area contributed by atoms with Crippen molar-refractivity contribution in [1.82, 2.24) is 0 Å². The number of nitrogens with zero attached hydrogens (tertiary/aromatic N) is 1. The van der Waals surface area contributed by atoms with Gasteiger partial charge in [0.2, 0.25) is 0 Å². The van der Waals surface area contributed by atoms with Gasteiger partial charge in [-0.3, -0.25) is 4.99 Å². The number of anilines is 1. The van der Waals surface area contributed by atoms with Crippen molar-refractivity contribution in [2.24, 2.45) is 4.99 Å². The van der Waals surface area contributed by atoms with Crippen molar-refractivity contribution < 1.29 is 5.11 Å². The number of hydrogen-bond acceptors (Lipinski definition) is 4. The predicted molar refractivity (Wildman–Crippen MR) is 73.8 cm³/mol. The smallest absolute Gasteiger partial charge is 0.161 e. The zero-order valence-corrected chi connectivity index (χ0v) is 11.3. The average molecular weight is 301 g/mol. The zero-order chi connectivity index (χ0) is 11.5. The summed E-state index contributed by atoms with van der Waals surface area (Å²) in [4.78, 5) is 4.52. The molecule has 16 heavy (non-hydrogen) atoms. The molecule has 2 N–H and O–H groups in total. The lowest BCUT2D eigenvalue weighted by Crippen LogP contribution is -2.14. The first-order chi connectivity index (χ1) is 7.69. The maximum Gasteiger partial charge on any atom is 0.161 e. The normalized spacial score (nSPS) is 24.2. The van der Waals surface area contributed by atoms with Gasteiger partial charge in [0, 0.05) is 22.3 Å². The number of nitrogens with one attached hydrogen (secondary N) is 1. The number of aromatic hydroxyl groups is 1. The van der Waals surface area contributed by atoms with Crippen LogP contribution in [-0.4, -0.2) is 26.9 Å². The number of halogens is 1. The quantitative estimate of drug-likeness (QED) is 0.825. The summed E-state index contributed by atoms with van der Waals surface area (Å²) < 4.78 is 0. The average Bonchev–Trinajstić information content (AvgIpc) is 2.58. The fraction of sp³-hybridized carbons (Fsp3) is 0.364. The van der Waals surface area contributed by atoms with Gasteiger partial charge in [0.1, 0.15) is 5.75 Å². The van der Waals surface area contributed by atoms with Crippen LogP contribution < -0.4 is 5.32 Å². The molecule has 0 saturated carbocycles. The van der Waals surface area contributed by atoms with Crippen LogP contribution in [-0.2, 0) is 0 Å². The Morgan fingerprint density at radius 1 is 1.56 bits per heavy atom. The lowest BCUT2D eigenvalue weighted by Gasteiger charge is -2.08. The van der Waals surface area contributed by atoms with Gasteiger partial charge in [-0.25, -0.2) is 0 Å². The van der Waals surface area contributed by atoms with E-state index in [1.165, 1.54) is 0 Å². The molecule has 1 heterocycles. The maximum absolute atomic E-state index is 9.34. The zero-order valence-electron chi connectivity index (χ0n) is 8.85. The minimum absolute atomic E-state index is 0.263. The Kier molecular flexibility index (Phi) is 3.76. The number of aliphatic imine (C=N–C) groups is 1. The number of thioether (sulfide) groups is 1. The van der Waals surface area contributed by atoms with Gasteiger partial charge in [-0.2, -0.15) is 0 Å². The molecule has 2 atom stereocenters. The third-order valence-electron chi connectivity index (χ3n) is 2.37. The van der Waals surface area contributed by atoms with Gasteiger partial charge in [-0.1, -0.05) is 33.8 Å². The van der Waals surface area contributed by atoms with E-state index in [1.54, 1.807) is 23.9 Å². The second-order valence-electron chi connectivity index (χ2n) is 3.66. The summed E-state index contributed by atoms with van der Waals surface area (Å²) in [6, 6.07) is 7.38. The van der Waals surface area contributed by atoms with E-state index in [0.29, 0.717) is 11.3 Å². The van der Waals surface area contributed by atoms with Crippen LogP contribution in [0.25, 0.3) is 0 Å². The third-order valence-corrected chi connectivity index (χ3v) is 4.79. The molecule has 0 bridgehead atoms. The summed E-state index contributed by atoms with van der Waals surface area (Å²) in [5, 5.41) is 14.9. The molecule has 0 saturated heterocycles. The van der Waals surface area contributed by atoms with Gasteiger partial charge in [0.15, 0.2) is 5.17 Å². The Hall–Kier alpha value is -0.680. The van der Waals surface area contributed by atoms with Crippen molar-refractivity contribution in [2.75, 3.05) is 10.6 Å². The maximum atomic E-state index is 9.34. The Labute approximate surface area is 107 Å². The monoisotopic (exact) mass is 300 g/mol. The molecular formula is C11H13BrN2OS. The predicted octanol–water partition coefficient (Wildman–Crippen LogP) is 3.06. The van der Waals surface area contributed by atoms with E-state index < -0.39 is 0 Å². The molecule has 2 unspecified atom stereocenters. The summed E-state index contributed by atoms with van der Waals surface area (Å²) >= 11 is 5.21. The van der Waals surface area contributed by atoms with Crippen molar-refractivity contribution in [3.63, 3.8) is 0 Å². The van der Waals surface area contributed by atoms with Gasteiger partial charge >= 0.3 is 0 Å². The molecule has 0 spiro atoms. The summed E-state index contributed by atoms with van der Waals surface area (Å²) in [7, 11) is 0. The highest BCUT2D eigenvalue weighted by atomic mass is 79.9. The minimum Gasteiger partial charge on any atom is -0.508 e. The molecule has 0 aromatic heterocycles. The Balaban J connectivity index is 2.04. The Morgan fingerprint density at radius 3 is 3.00 bits per heavy atom. The molecule has 1 aromatic rings. The van der Waals surface area contributed by atoms with E-state index >= 15 is 0 Å². The van der Waals surface area contributed by atoms with Gasteiger partial charge in [0.05, 0.1) is 6.04 Å². The van der Waals surface area contributed by atoms with Crippen molar-refractivity contribution in [2.45, 2.75) is 18.2 Å². The summed E-state index contributed by atoms with van der Waals surface area (Å²) in [5.41, 5.74) is 0.869. The van der Waals surface area contributed by atoms with E-state index in [0.717, 1.165) is 16.2 Å². The molecule has 0 amide bonds. The summed E-state index contributed by atoms with van der Waals surface area (Å²) in [6.45, 7) is 2.11. The second kappa shape index (κ2) is 5.10. The van der Waals surface area contributed by atoms with E-state index in [9.17, 15) is 5.11 Å². The topological polar surface area (TPSA) is 44.6 Å². The van der Waals surface area contributed by atoms with E-state index in [1.807, 2.05) is 12.1 Å². The van der Waals surface area contributed by atoms with Crippen LogP contribution in [0.1, 0.15) is 6.92 Å². The fourth-order valence-electron chi connectivity index (χ4n) is 1.47. The van der Waals surface area contributed by atoms with Crippen molar-refractivity contribution in [3.8, 4) is 5.75 Å². The largest absolute Gasteiger partial charge is 0.508 e. The third kappa shape index (κ3) is 2.71. The number of rotatable bonds is 2. The van der Waals surface area contributed by atoms with E-state index in [-0.39, 0.29) is 5.75 Å². The number of alkyl halides is 1. The minimum atomic E-state index is 0.263. The lowest BCUT2D eigenvalue weighted by atomic mass is 10.3. The molecule has 1 aromatic carbocycles. The molecule has 0 fully saturated rings. The first kappa shape index (κ1) is 11.8. The lowest BCUT2D eigenvalue weighted by molar-refractivity contribution is 0.475. The Morgan fingerprint density at radius 2 is 2.38 bits per heavy atom. The van der Waals surface area contributed by atoms with E-state index in [4.69, 9.17) is 0 Å². The second-order valence-corrected chi connectivity index (χ2v) is 5.54. The number of phenolic OH excluding ortho intramolecular Hbond substituents is 1. The molecule has 5 heteroatoms. The summed E-state index contributed by atoms with van der Waals surface area (Å²) in [5.74, 6) is 0.263.